The van der Waals surface area contributed by atoms with Crippen molar-refractivity contribution in [1.82, 2.24) is 0 Å². The molecule has 0 aromatic heterocycles. The van der Waals surface area contributed by atoms with Crippen LogP contribution in [0.4, 0.5) is 17.1 Å². The van der Waals surface area contributed by atoms with Crippen molar-refractivity contribution in [3.8, 4) is 5.75 Å². The number of thioether (sulfide) groups is 1. The summed E-state index contributed by atoms with van der Waals surface area (Å²) in [5.74, 6) is 0.676. The predicted molar refractivity (Wildman–Crippen MR) is 123 cm³/mol. The molecule has 0 unspecified atom stereocenters. The Kier molecular flexibility index (Phi) is 6.09. The van der Waals surface area contributed by atoms with Crippen LogP contribution >= 0.6 is 11.8 Å². The number of ether oxygens (including phenoxy) is 1. The van der Waals surface area contributed by atoms with E-state index < -0.39 is 10.8 Å². The number of nitrogens with one attached hydrogen (secondary N) is 1. The van der Waals surface area contributed by atoms with Gasteiger partial charge in [-0.3, -0.25) is 24.6 Å². The number of nitrogens with zero attached hydrogens (tertiary/aromatic N) is 2. The summed E-state index contributed by atoms with van der Waals surface area (Å²) in [4.78, 5) is 37.1. The molecule has 4 rings (SSSR count). The highest BCUT2D eigenvalue weighted by atomic mass is 32.2. The standard InChI is InChI=1S/C23H19N3O5S/c1-31-20-11-9-18(10-12-20)25-21(27)14-32-23(25)15-5-7-17(8-6-15)24-22(28)16-3-2-4-19(13-16)26(29)30/h2-13,23H,14H2,1H3,(H,24,28)/t23-/m0/s1. The Hall–Kier alpha value is -3.85. The second-order valence-electron chi connectivity index (χ2n) is 7.01. The number of non-ortho nitro benzene ring substituents is 1. The maximum absolute atomic E-state index is 12.5. The van der Waals surface area contributed by atoms with Crippen molar-refractivity contribution >= 4 is 40.6 Å². The summed E-state index contributed by atoms with van der Waals surface area (Å²) in [6.07, 6.45) is 0. The lowest BCUT2D eigenvalue weighted by Gasteiger charge is -2.24. The van der Waals surface area contributed by atoms with Gasteiger partial charge in [0.15, 0.2) is 0 Å². The summed E-state index contributed by atoms with van der Waals surface area (Å²) < 4.78 is 5.19. The van der Waals surface area contributed by atoms with Gasteiger partial charge in [0.25, 0.3) is 11.6 Å². The number of benzene rings is 3. The number of nitro groups is 1. The van der Waals surface area contributed by atoms with E-state index in [4.69, 9.17) is 4.74 Å². The molecule has 1 aliphatic rings. The molecule has 1 aliphatic heterocycles. The number of amides is 2. The van der Waals surface area contributed by atoms with Crippen LogP contribution in [0.15, 0.2) is 72.8 Å². The monoisotopic (exact) mass is 449 g/mol. The molecule has 0 aliphatic carbocycles. The summed E-state index contributed by atoms with van der Waals surface area (Å²) >= 11 is 1.53. The van der Waals surface area contributed by atoms with Gasteiger partial charge in [-0.15, -0.1) is 11.8 Å². The van der Waals surface area contributed by atoms with Gasteiger partial charge < -0.3 is 10.1 Å². The van der Waals surface area contributed by atoms with Gasteiger partial charge in [-0.25, -0.2) is 0 Å². The number of anilines is 2. The summed E-state index contributed by atoms with van der Waals surface area (Å²) in [5, 5.41) is 13.5. The van der Waals surface area contributed by atoms with E-state index in [2.05, 4.69) is 5.32 Å². The molecule has 0 spiro atoms. The van der Waals surface area contributed by atoms with Crippen molar-refractivity contribution < 1.29 is 19.2 Å². The minimum absolute atomic E-state index is 0.0215. The molecule has 1 saturated heterocycles. The summed E-state index contributed by atoms with van der Waals surface area (Å²) in [7, 11) is 1.59. The van der Waals surface area contributed by atoms with Crippen molar-refractivity contribution in [2.24, 2.45) is 0 Å². The van der Waals surface area contributed by atoms with E-state index in [0.717, 1.165) is 11.3 Å². The van der Waals surface area contributed by atoms with Crippen molar-refractivity contribution in [3.63, 3.8) is 0 Å². The van der Waals surface area contributed by atoms with Crippen molar-refractivity contribution in [2.75, 3.05) is 23.1 Å². The van der Waals surface area contributed by atoms with Crippen molar-refractivity contribution in [3.05, 3.63) is 94.0 Å². The Morgan fingerprint density at radius 1 is 1.12 bits per heavy atom. The molecule has 0 radical (unpaired) electrons. The van der Waals surface area contributed by atoms with E-state index in [0.29, 0.717) is 17.2 Å². The zero-order chi connectivity index (χ0) is 22.7. The molecule has 32 heavy (non-hydrogen) atoms. The first-order valence-electron chi connectivity index (χ1n) is 9.70. The molecule has 1 atom stereocenters. The number of hydrogen-bond acceptors (Lipinski definition) is 6. The highest BCUT2D eigenvalue weighted by Crippen LogP contribution is 2.42. The molecule has 1 fully saturated rings. The lowest BCUT2D eigenvalue weighted by atomic mass is 10.1. The third-order valence-corrected chi connectivity index (χ3v) is 6.20. The fourth-order valence-electron chi connectivity index (χ4n) is 3.39. The number of rotatable bonds is 6. The average Bonchev–Trinajstić information content (AvgIpc) is 3.21. The van der Waals surface area contributed by atoms with E-state index in [9.17, 15) is 19.7 Å². The Labute approximate surface area is 188 Å². The third kappa shape index (κ3) is 4.42. The second kappa shape index (κ2) is 9.11. The Bertz CT molecular complexity index is 1170. The number of carbonyl (C=O) groups excluding carboxylic acids is 2. The molecule has 8 nitrogen and oxygen atoms in total. The topological polar surface area (TPSA) is 102 Å². The predicted octanol–water partition coefficient (Wildman–Crippen LogP) is 4.63. The van der Waals surface area contributed by atoms with Crippen LogP contribution in [0.5, 0.6) is 5.75 Å². The Morgan fingerprint density at radius 2 is 1.84 bits per heavy atom. The first-order chi connectivity index (χ1) is 15.5. The molecular weight excluding hydrogens is 430 g/mol. The summed E-state index contributed by atoms with van der Waals surface area (Å²) in [6.45, 7) is 0. The normalized spacial score (nSPS) is 15.5. The maximum atomic E-state index is 12.5. The van der Waals surface area contributed by atoms with Gasteiger partial charge in [0.1, 0.15) is 11.1 Å². The summed E-state index contributed by atoms with van der Waals surface area (Å²) in [6, 6.07) is 20.1. The quantitative estimate of drug-likeness (QED) is 0.435. The van der Waals surface area contributed by atoms with Crippen LogP contribution in [0, 0.1) is 10.1 Å². The maximum Gasteiger partial charge on any atom is 0.270 e. The van der Waals surface area contributed by atoms with Crippen LogP contribution in [0.1, 0.15) is 21.3 Å². The Balaban J connectivity index is 1.50. The van der Waals surface area contributed by atoms with Gasteiger partial charge in [0, 0.05) is 29.1 Å². The SMILES string of the molecule is COc1ccc(N2C(=O)CS[C@H]2c2ccc(NC(=O)c3cccc([N+](=O)[O-])c3)cc2)cc1. The fourth-order valence-corrected chi connectivity index (χ4v) is 4.57. The zero-order valence-corrected chi connectivity index (χ0v) is 17.9. The van der Waals surface area contributed by atoms with Crippen molar-refractivity contribution in [2.45, 2.75) is 5.37 Å². The van der Waals surface area contributed by atoms with E-state index in [-0.39, 0.29) is 22.5 Å². The highest BCUT2D eigenvalue weighted by molar-refractivity contribution is 8.00. The molecule has 3 aromatic carbocycles. The van der Waals surface area contributed by atoms with Crippen LogP contribution in [-0.2, 0) is 4.79 Å². The van der Waals surface area contributed by atoms with Gasteiger partial charge in [0.05, 0.1) is 17.8 Å². The average molecular weight is 449 g/mol. The van der Waals surface area contributed by atoms with Crippen LogP contribution in [0.3, 0.4) is 0 Å². The van der Waals surface area contributed by atoms with E-state index in [1.807, 2.05) is 36.4 Å². The van der Waals surface area contributed by atoms with Gasteiger partial charge in [-0.2, -0.15) is 0 Å². The molecule has 162 valence electrons. The number of hydrogen-bond donors (Lipinski definition) is 1. The molecule has 1 heterocycles. The van der Waals surface area contributed by atoms with E-state index in [1.54, 1.807) is 24.1 Å². The molecule has 1 N–H and O–H groups in total. The van der Waals surface area contributed by atoms with Gasteiger partial charge in [-0.1, -0.05) is 18.2 Å². The second-order valence-corrected chi connectivity index (χ2v) is 8.08. The number of methoxy groups -OCH3 is 1. The lowest BCUT2D eigenvalue weighted by Crippen LogP contribution is -2.27. The largest absolute Gasteiger partial charge is 0.497 e. The molecule has 0 saturated carbocycles. The van der Waals surface area contributed by atoms with Crippen LogP contribution in [-0.4, -0.2) is 29.6 Å². The number of nitro benzene ring substituents is 1. The molecule has 9 heteroatoms. The first kappa shape index (κ1) is 21.4. The van der Waals surface area contributed by atoms with Gasteiger partial charge in [0.2, 0.25) is 5.91 Å². The molecule has 2 amide bonds. The first-order valence-corrected chi connectivity index (χ1v) is 10.7. The van der Waals surface area contributed by atoms with E-state index in [1.165, 1.54) is 36.0 Å². The smallest absolute Gasteiger partial charge is 0.270 e. The fraction of sp³-hybridized carbons (Fsp3) is 0.130. The van der Waals surface area contributed by atoms with E-state index >= 15 is 0 Å². The Morgan fingerprint density at radius 3 is 2.50 bits per heavy atom. The minimum Gasteiger partial charge on any atom is -0.497 e. The van der Waals surface area contributed by atoms with Crippen LogP contribution in [0.2, 0.25) is 0 Å². The highest BCUT2D eigenvalue weighted by Gasteiger charge is 2.34. The third-order valence-electron chi connectivity index (χ3n) is 4.99. The minimum atomic E-state index is -0.541. The van der Waals surface area contributed by atoms with Crippen LogP contribution in [0.25, 0.3) is 0 Å². The molecule has 0 bridgehead atoms. The van der Waals surface area contributed by atoms with Crippen LogP contribution < -0.4 is 15.0 Å². The van der Waals surface area contributed by atoms with Gasteiger partial charge >= 0.3 is 0 Å². The number of carbonyl (C=O) groups is 2. The van der Waals surface area contributed by atoms with Gasteiger partial charge in [-0.05, 0) is 48.0 Å². The summed E-state index contributed by atoms with van der Waals surface area (Å²) in [5.41, 5.74) is 2.31. The molecular formula is C23H19N3O5S. The molecule has 3 aromatic rings. The van der Waals surface area contributed by atoms with Crippen molar-refractivity contribution in [1.29, 1.82) is 0 Å². The zero-order valence-electron chi connectivity index (χ0n) is 17.1. The lowest BCUT2D eigenvalue weighted by molar-refractivity contribution is -0.384.